The van der Waals surface area contributed by atoms with Crippen LogP contribution in [0.4, 0.5) is 0 Å². The zero-order valence-corrected chi connectivity index (χ0v) is 16.5. The van der Waals surface area contributed by atoms with Crippen molar-refractivity contribution in [2.45, 2.75) is 27.7 Å². The van der Waals surface area contributed by atoms with Crippen LogP contribution in [0.15, 0.2) is 29.4 Å². The summed E-state index contributed by atoms with van der Waals surface area (Å²) in [5, 5.41) is 3.77. The molecule has 1 rings (SSSR count). The summed E-state index contributed by atoms with van der Waals surface area (Å²) in [7, 11) is 1.51. The first-order chi connectivity index (χ1) is 12.6. The highest BCUT2D eigenvalue weighted by Gasteiger charge is 2.07. The zero-order valence-electron chi connectivity index (χ0n) is 16.5. The molecule has 0 N–H and O–H groups in total. The van der Waals surface area contributed by atoms with Crippen molar-refractivity contribution in [3.05, 3.63) is 35.4 Å². The second-order valence-corrected chi connectivity index (χ2v) is 5.79. The van der Waals surface area contributed by atoms with Crippen molar-refractivity contribution in [1.82, 2.24) is 0 Å². The summed E-state index contributed by atoms with van der Waals surface area (Å²) in [4.78, 5) is 4.66. The highest BCUT2D eigenvalue weighted by Crippen LogP contribution is 2.28. The van der Waals surface area contributed by atoms with Gasteiger partial charge < -0.3 is 23.8 Å². The van der Waals surface area contributed by atoms with Crippen molar-refractivity contribution >= 4 is 5.71 Å². The fraction of sp³-hybridized carbons (Fsp3) is 0.550. The van der Waals surface area contributed by atoms with Crippen molar-refractivity contribution < 1.29 is 23.8 Å². The number of nitrogens with zero attached hydrogens (tertiary/aromatic N) is 1. The standard InChI is InChI=1S/C20H31NO5/c1-6-7-8-25-19-13-16(2)20(17(3)14-19)26-12-11-23-9-10-24-15-18(4)21-22-5/h6-7,13-14H,8-12,15H2,1-5H3/b7-6+,21-18?. The molecular formula is C20H31NO5. The van der Waals surface area contributed by atoms with Gasteiger partial charge in [-0.05, 0) is 51.0 Å². The highest BCUT2D eigenvalue weighted by atomic mass is 16.6. The molecule has 0 amide bonds. The van der Waals surface area contributed by atoms with Gasteiger partial charge in [-0.15, -0.1) is 0 Å². The van der Waals surface area contributed by atoms with Gasteiger partial charge in [0.25, 0.3) is 0 Å². The van der Waals surface area contributed by atoms with E-state index < -0.39 is 0 Å². The molecule has 6 heteroatoms. The third-order valence-corrected chi connectivity index (χ3v) is 3.42. The van der Waals surface area contributed by atoms with Crippen LogP contribution in [-0.4, -0.2) is 52.5 Å². The molecule has 0 bridgehead atoms. The summed E-state index contributed by atoms with van der Waals surface area (Å²) in [6, 6.07) is 3.98. The normalized spacial score (nSPS) is 11.8. The van der Waals surface area contributed by atoms with E-state index >= 15 is 0 Å². The third kappa shape index (κ3) is 8.87. The van der Waals surface area contributed by atoms with Crippen LogP contribution < -0.4 is 9.47 Å². The maximum atomic E-state index is 5.85. The smallest absolute Gasteiger partial charge is 0.125 e. The Morgan fingerprint density at radius 3 is 2.31 bits per heavy atom. The van der Waals surface area contributed by atoms with Gasteiger partial charge in [0.2, 0.25) is 0 Å². The maximum absolute atomic E-state index is 5.85. The van der Waals surface area contributed by atoms with Gasteiger partial charge in [0.05, 0.1) is 32.1 Å². The van der Waals surface area contributed by atoms with E-state index in [1.807, 2.05) is 52.0 Å². The van der Waals surface area contributed by atoms with Crippen LogP contribution in [0.3, 0.4) is 0 Å². The second-order valence-electron chi connectivity index (χ2n) is 5.79. The summed E-state index contributed by atoms with van der Waals surface area (Å²) >= 11 is 0. The van der Waals surface area contributed by atoms with Gasteiger partial charge in [-0.3, -0.25) is 0 Å². The number of rotatable bonds is 13. The predicted molar refractivity (Wildman–Crippen MR) is 103 cm³/mol. The van der Waals surface area contributed by atoms with Crippen molar-refractivity contribution in [2.24, 2.45) is 5.16 Å². The monoisotopic (exact) mass is 365 g/mol. The molecule has 0 saturated heterocycles. The van der Waals surface area contributed by atoms with Gasteiger partial charge in [0.15, 0.2) is 0 Å². The number of benzene rings is 1. The summed E-state index contributed by atoms with van der Waals surface area (Å²) in [5.74, 6) is 1.74. The van der Waals surface area contributed by atoms with Crippen LogP contribution in [0.5, 0.6) is 11.5 Å². The quantitative estimate of drug-likeness (QED) is 0.231. The summed E-state index contributed by atoms with van der Waals surface area (Å²) < 4.78 is 22.5. The number of hydrogen-bond donors (Lipinski definition) is 0. The Balaban J connectivity index is 2.25. The van der Waals surface area contributed by atoms with Crippen LogP contribution >= 0.6 is 0 Å². The molecule has 0 atom stereocenters. The largest absolute Gasteiger partial charge is 0.491 e. The first kappa shape index (κ1) is 22.0. The molecule has 6 nitrogen and oxygen atoms in total. The Hall–Kier alpha value is -2.05. The van der Waals surface area contributed by atoms with Crippen LogP contribution in [0, 0.1) is 13.8 Å². The van der Waals surface area contributed by atoms with Gasteiger partial charge in [-0.25, -0.2) is 0 Å². The van der Waals surface area contributed by atoms with Gasteiger partial charge in [-0.1, -0.05) is 17.3 Å². The summed E-state index contributed by atoms with van der Waals surface area (Å²) in [6.07, 6.45) is 3.94. The lowest BCUT2D eigenvalue weighted by Gasteiger charge is -2.14. The fourth-order valence-corrected chi connectivity index (χ4v) is 2.29. The van der Waals surface area contributed by atoms with Gasteiger partial charge >= 0.3 is 0 Å². The predicted octanol–water partition coefficient (Wildman–Crippen LogP) is 3.69. The minimum absolute atomic E-state index is 0.439. The molecule has 0 radical (unpaired) electrons. The number of aryl methyl sites for hydroxylation is 2. The third-order valence-electron chi connectivity index (χ3n) is 3.42. The molecule has 26 heavy (non-hydrogen) atoms. The molecule has 1 aromatic carbocycles. The van der Waals surface area contributed by atoms with E-state index in [-0.39, 0.29) is 0 Å². The van der Waals surface area contributed by atoms with E-state index in [9.17, 15) is 0 Å². The molecule has 0 aliphatic heterocycles. The van der Waals surface area contributed by atoms with Crippen molar-refractivity contribution in [1.29, 1.82) is 0 Å². The Bertz CT molecular complexity index is 561. The topological polar surface area (TPSA) is 58.5 Å². The first-order valence-corrected chi connectivity index (χ1v) is 8.78. The van der Waals surface area contributed by atoms with Crippen molar-refractivity contribution in [2.75, 3.05) is 46.8 Å². The van der Waals surface area contributed by atoms with Crippen LogP contribution in [0.25, 0.3) is 0 Å². The van der Waals surface area contributed by atoms with E-state index in [0.29, 0.717) is 39.6 Å². The van der Waals surface area contributed by atoms with E-state index in [1.165, 1.54) is 7.11 Å². The number of ether oxygens (including phenoxy) is 4. The van der Waals surface area contributed by atoms with E-state index in [1.54, 1.807) is 0 Å². The average molecular weight is 365 g/mol. The van der Waals surface area contributed by atoms with Gasteiger partial charge in [-0.2, -0.15) is 0 Å². The summed E-state index contributed by atoms with van der Waals surface area (Å²) in [6.45, 7) is 10.9. The first-order valence-electron chi connectivity index (χ1n) is 8.78. The molecule has 0 heterocycles. The molecule has 0 spiro atoms. The minimum atomic E-state index is 0.439. The maximum Gasteiger partial charge on any atom is 0.125 e. The van der Waals surface area contributed by atoms with Crippen LogP contribution in [-0.2, 0) is 14.3 Å². The lowest BCUT2D eigenvalue weighted by molar-refractivity contribution is 0.0466. The minimum Gasteiger partial charge on any atom is -0.491 e. The Kier molecular flexibility index (Phi) is 11.2. The molecular weight excluding hydrogens is 334 g/mol. The van der Waals surface area contributed by atoms with Gasteiger partial charge in [0, 0.05) is 0 Å². The van der Waals surface area contributed by atoms with E-state index in [2.05, 4.69) is 9.99 Å². The Labute approximate surface area is 156 Å². The van der Waals surface area contributed by atoms with Gasteiger partial charge in [0.1, 0.15) is 31.8 Å². The number of hydrogen-bond acceptors (Lipinski definition) is 6. The van der Waals surface area contributed by atoms with Crippen molar-refractivity contribution in [3.8, 4) is 11.5 Å². The van der Waals surface area contributed by atoms with E-state index in [4.69, 9.17) is 18.9 Å². The Morgan fingerprint density at radius 1 is 1.00 bits per heavy atom. The fourth-order valence-electron chi connectivity index (χ4n) is 2.29. The van der Waals surface area contributed by atoms with Crippen LogP contribution in [0.1, 0.15) is 25.0 Å². The van der Waals surface area contributed by atoms with Crippen LogP contribution in [0.2, 0.25) is 0 Å². The molecule has 0 saturated carbocycles. The molecule has 146 valence electrons. The zero-order chi connectivity index (χ0) is 19.2. The second kappa shape index (κ2) is 13.2. The molecule has 0 aromatic heterocycles. The number of allylic oxidation sites excluding steroid dienone is 1. The molecule has 0 aliphatic rings. The summed E-state index contributed by atoms with van der Waals surface area (Å²) in [5.41, 5.74) is 2.90. The molecule has 0 unspecified atom stereocenters. The van der Waals surface area contributed by atoms with Crippen molar-refractivity contribution in [3.63, 3.8) is 0 Å². The highest BCUT2D eigenvalue weighted by molar-refractivity contribution is 5.82. The molecule has 0 aliphatic carbocycles. The average Bonchev–Trinajstić information content (AvgIpc) is 2.59. The number of oxime groups is 1. The lowest BCUT2D eigenvalue weighted by Crippen LogP contribution is -2.13. The lowest BCUT2D eigenvalue weighted by atomic mass is 10.1. The SMILES string of the molecule is C/C=C/COc1cc(C)c(OCCOCCOCC(C)=NOC)c(C)c1. The molecule has 1 aromatic rings. The van der Waals surface area contributed by atoms with E-state index in [0.717, 1.165) is 28.3 Å². The molecule has 0 fully saturated rings. The Morgan fingerprint density at radius 2 is 1.65 bits per heavy atom.